The van der Waals surface area contributed by atoms with Gasteiger partial charge in [-0.25, -0.2) is 0 Å². The van der Waals surface area contributed by atoms with Crippen molar-refractivity contribution in [1.82, 2.24) is 0 Å². The first-order valence-electron chi connectivity index (χ1n) is 7.20. The lowest BCUT2D eigenvalue weighted by Crippen LogP contribution is -2.46. The summed E-state index contributed by atoms with van der Waals surface area (Å²) in [7, 11) is 4.19. The molecule has 4 nitrogen and oxygen atoms in total. The quantitative estimate of drug-likeness (QED) is 0.345. The van der Waals surface area contributed by atoms with Crippen molar-refractivity contribution >= 4 is 5.97 Å². The zero-order valence-electron chi connectivity index (χ0n) is 12.6. The van der Waals surface area contributed by atoms with Gasteiger partial charge in [-0.1, -0.05) is 12.2 Å². The van der Waals surface area contributed by atoms with Crippen LogP contribution in [0.25, 0.3) is 0 Å². The summed E-state index contributed by atoms with van der Waals surface area (Å²) in [5.74, 6) is -0.727. The monoisotopic (exact) mass is 272 g/mol. The molecule has 19 heavy (non-hydrogen) atoms. The highest BCUT2D eigenvalue weighted by Crippen LogP contribution is 2.09. The molecule has 0 aromatic rings. The molecule has 0 aliphatic heterocycles. The number of aliphatic hydroxyl groups excluding tert-OH is 1. The molecule has 0 spiro atoms. The predicted molar refractivity (Wildman–Crippen MR) is 78.0 cm³/mol. The van der Waals surface area contributed by atoms with Crippen LogP contribution in [0.5, 0.6) is 0 Å². The van der Waals surface area contributed by atoms with Crippen LogP contribution in [-0.4, -0.2) is 54.0 Å². The van der Waals surface area contributed by atoms with E-state index in [4.69, 9.17) is 5.11 Å². The number of carbonyl (C=O) groups is 1. The SMILES string of the molecule is C/C=C/CCCC(O)C[N+](C)(C)CCCCC(=O)O. The van der Waals surface area contributed by atoms with Crippen LogP contribution in [0.4, 0.5) is 0 Å². The van der Waals surface area contributed by atoms with E-state index in [1.54, 1.807) is 0 Å². The first kappa shape index (κ1) is 18.1. The topological polar surface area (TPSA) is 57.5 Å². The number of hydrogen-bond acceptors (Lipinski definition) is 2. The summed E-state index contributed by atoms with van der Waals surface area (Å²) in [4.78, 5) is 10.4. The molecule has 112 valence electrons. The second kappa shape index (κ2) is 9.98. The number of likely N-dealkylation sites (N-methyl/N-ethyl adjacent to an activating group) is 1. The maximum atomic E-state index is 10.4. The molecule has 2 N–H and O–H groups in total. The van der Waals surface area contributed by atoms with E-state index in [1.165, 1.54) is 0 Å². The second-order valence-corrected chi connectivity index (χ2v) is 5.85. The maximum absolute atomic E-state index is 10.4. The summed E-state index contributed by atoms with van der Waals surface area (Å²) in [6.45, 7) is 3.66. The molecular formula is C15H30NO3+. The standard InChI is InChI=1S/C15H29NO3/c1-4-5-6-7-10-14(17)13-16(2,3)12-9-8-11-15(18)19/h4-5,14,17H,6-13H2,1-3H3/p+1/b5-4+. The van der Waals surface area contributed by atoms with Gasteiger partial charge in [0.25, 0.3) is 0 Å². The number of allylic oxidation sites excluding steroid dienone is 2. The highest BCUT2D eigenvalue weighted by atomic mass is 16.4. The molecule has 0 aromatic carbocycles. The summed E-state index contributed by atoms with van der Waals surface area (Å²) < 4.78 is 0.754. The Bertz CT molecular complexity index is 275. The third kappa shape index (κ3) is 11.9. The molecule has 0 bridgehead atoms. The number of nitrogens with zero attached hydrogens (tertiary/aromatic N) is 1. The van der Waals surface area contributed by atoms with Crippen LogP contribution < -0.4 is 0 Å². The lowest BCUT2D eigenvalue weighted by atomic mass is 10.1. The number of quaternary nitrogens is 1. The van der Waals surface area contributed by atoms with Gasteiger partial charge in [0.05, 0.1) is 20.6 Å². The molecule has 0 radical (unpaired) electrons. The minimum atomic E-state index is -0.727. The molecule has 0 aliphatic rings. The van der Waals surface area contributed by atoms with E-state index in [0.29, 0.717) is 6.42 Å². The van der Waals surface area contributed by atoms with Gasteiger partial charge in [0.15, 0.2) is 0 Å². The van der Waals surface area contributed by atoms with E-state index in [9.17, 15) is 9.90 Å². The van der Waals surface area contributed by atoms with E-state index < -0.39 is 5.97 Å². The highest BCUT2D eigenvalue weighted by molar-refractivity contribution is 5.66. The minimum Gasteiger partial charge on any atom is -0.481 e. The third-order valence-corrected chi connectivity index (χ3v) is 3.25. The maximum Gasteiger partial charge on any atom is 0.303 e. The second-order valence-electron chi connectivity index (χ2n) is 5.85. The summed E-state index contributed by atoms with van der Waals surface area (Å²) in [5, 5.41) is 18.6. The van der Waals surface area contributed by atoms with Crippen LogP contribution in [0.1, 0.15) is 45.4 Å². The Morgan fingerprint density at radius 1 is 1.26 bits per heavy atom. The lowest BCUT2D eigenvalue weighted by Gasteiger charge is -2.32. The fourth-order valence-electron chi connectivity index (χ4n) is 2.21. The smallest absolute Gasteiger partial charge is 0.303 e. The van der Waals surface area contributed by atoms with Gasteiger partial charge >= 0.3 is 5.97 Å². The summed E-state index contributed by atoms with van der Waals surface area (Å²) in [6.07, 6.45) is 8.63. The summed E-state index contributed by atoms with van der Waals surface area (Å²) >= 11 is 0. The summed E-state index contributed by atoms with van der Waals surface area (Å²) in [6, 6.07) is 0. The van der Waals surface area contributed by atoms with Crippen molar-refractivity contribution in [2.45, 2.75) is 51.6 Å². The molecule has 0 fully saturated rings. The number of unbranched alkanes of at least 4 members (excludes halogenated alkanes) is 2. The van der Waals surface area contributed by atoms with Crippen molar-refractivity contribution in [2.75, 3.05) is 27.2 Å². The molecule has 1 atom stereocenters. The molecule has 0 saturated carbocycles. The fourth-order valence-corrected chi connectivity index (χ4v) is 2.21. The van der Waals surface area contributed by atoms with Crippen molar-refractivity contribution in [3.63, 3.8) is 0 Å². The van der Waals surface area contributed by atoms with E-state index in [2.05, 4.69) is 20.2 Å². The molecule has 0 aliphatic carbocycles. The van der Waals surface area contributed by atoms with Gasteiger partial charge in [0, 0.05) is 6.42 Å². The zero-order valence-corrected chi connectivity index (χ0v) is 12.6. The number of hydrogen-bond donors (Lipinski definition) is 2. The number of aliphatic hydroxyl groups is 1. The van der Waals surface area contributed by atoms with Gasteiger partial charge in [0.1, 0.15) is 12.6 Å². The van der Waals surface area contributed by atoms with Crippen molar-refractivity contribution < 1.29 is 19.5 Å². The largest absolute Gasteiger partial charge is 0.481 e. The Morgan fingerprint density at radius 2 is 1.95 bits per heavy atom. The van der Waals surface area contributed by atoms with Gasteiger partial charge < -0.3 is 14.7 Å². The fraction of sp³-hybridized carbons (Fsp3) is 0.800. The van der Waals surface area contributed by atoms with Gasteiger partial charge in [-0.15, -0.1) is 0 Å². The Kier molecular flexibility index (Phi) is 9.53. The first-order chi connectivity index (χ1) is 8.87. The van der Waals surface area contributed by atoms with Crippen LogP contribution in [0, 0.1) is 0 Å². The first-order valence-corrected chi connectivity index (χ1v) is 7.20. The highest BCUT2D eigenvalue weighted by Gasteiger charge is 2.19. The molecule has 0 heterocycles. The predicted octanol–water partition coefficient (Wildman–Crippen LogP) is 2.42. The van der Waals surface area contributed by atoms with Crippen LogP contribution >= 0.6 is 0 Å². The zero-order chi connectivity index (χ0) is 14.7. The average Bonchev–Trinajstić information content (AvgIpc) is 2.29. The van der Waals surface area contributed by atoms with Crippen LogP contribution in [-0.2, 0) is 4.79 Å². The minimum absolute atomic E-state index is 0.242. The Morgan fingerprint density at radius 3 is 2.53 bits per heavy atom. The third-order valence-electron chi connectivity index (χ3n) is 3.25. The number of carboxylic acid groups (broad SMARTS) is 1. The van der Waals surface area contributed by atoms with Crippen LogP contribution in [0.15, 0.2) is 12.2 Å². The van der Waals surface area contributed by atoms with Gasteiger partial charge in [-0.2, -0.15) is 0 Å². The van der Waals surface area contributed by atoms with E-state index in [1.807, 2.05) is 13.0 Å². The van der Waals surface area contributed by atoms with Crippen molar-refractivity contribution in [3.05, 3.63) is 12.2 Å². The molecule has 4 heteroatoms. The van der Waals surface area contributed by atoms with Crippen molar-refractivity contribution in [3.8, 4) is 0 Å². The molecule has 0 amide bonds. The Hall–Kier alpha value is -0.870. The van der Waals surface area contributed by atoms with Gasteiger partial charge in [0.2, 0.25) is 0 Å². The molecular weight excluding hydrogens is 242 g/mol. The average molecular weight is 272 g/mol. The van der Waals surface area contributed by atoms with E-state index in [-0.39, 0.29) is 12.5 Å². The van der Waals surface area contributed by atoms with E-state index >= 15 is 0 Å². The molecule has 0 saturated heterocycles. The van der Waals surface area contributed by atoms with Crippen LogP contribution in [0.3, 0.4) is 0 Å². The van der Waals surface area contributed by atoms with Crippen molar-refractivity contribution in [1.29, 1.82) is 0 Å². The van der Waals surface area contributed by atoms with E-state index in [0.717, 1.165) is 43.3 Å². The van der Waals surface area contributed by atoms with Gasteiger partial charge in [-0.05, 0) is 39.0 Å². The van der Waals surface area contributed by atoms with Gasteiger partial charge in [-0.3, -0.25) is 4.79 Å². The normalized spacial score (nSPS) is 13.9. The molecule has 0 rings (SSSR count). The Labute approximate surface area is 117 Å². The lowest BCUT2D eigenvalue weighted by molar-refractivity contribution is -0.893. The summed E-state index contributed by atoms with van der Waals surface area (Å²) in [5.41, 5.74) is 0. The number of carboxylic acids is 1. The number of rotatable bonds is 11. The molecule has 0 aromatic heterocycles. The van der Waals surface area contributed by atoms with Crippen molar-refractivity contribution in [2.24, 2.45) is 0 Å². The Balaban J connectivity index is 3.77. The molecule has 1 unspecified atom stereocenters. The van der Waals surface area contributed by atoms with Crippen LogP contribution in [0.2, 0.25) is 0 Å². The number of aliphatic carboxylic acids is 1.